The van der Waals surface area contributed by atoms with E-state index in [0.717, 1.165) is 24.4 Å². The number of aryl methyl sites for hydroxylation is 2. The highest BCUT2D eigenvalue weighted by molar-refractivity contribution is 5.64. The molecule has 1 aromatic rings. The van der Waals surface area contributed by atoms with Gasteiger partial charge in [-0.25, -0.2) is 0 Å². The Hall–Kier alpha value is -1.23. The molecule has 0 aliphatic rings. The molecule has 4 N–H and O–H groups in total. The van der Waals surface area contributed by atoms with Crippen molar-refractivity contribution in [1.82, 2.24) is 9.78 Å². The first kappa shape index (κ1) is 11.8. The van der Waals surface area contributed by atoms with Crippen LogP contribution in [-0.4, -0.2) is 27.5 Å². The van der Waals surface area contributed by atoms with Crippen molar-refractivity contribution in [1.29, 1.82) is 0 Å². The Morgan fingerprint density at radius 2 is 2.27 bits per heavy atom. The van der Waals surface area contributed by atoms with Crippen LogP contribution in [0.2, 0.25) is 0 Å². The lowest BCUT2D eigenvalue weighted by atomic mass is 10.1. The largest absolute Gasteiger partial charge is 0.396 e. The number of nitrogens with two attached hydrogens (primary N) is 1. The number of hydrogen-bond acceptors (Lipinski definition) is 4. The highest BCUT2D eigenvalue weighted by atomic mass is 16.3. The minimum atomic E-state index is 0.183. The third-order valence-corrected chi connectivity index (χ3v) is 2.58. The van der Waals surface area contributed by atoms with Crippen LogP contribution in [0.15, 0.2) is 0 Å². The second kappa shape index (κ2) is 5.02. The molecule has 0 aliphatic carbocycles. The van der Waals surface area contributed by atoms with Gasteiger partial charge < -0.3 is 16.2 Å². The summed E-state index contributed by atoms with van der Waals surface area (Å²) in [5.41, 5.74) is 7.42. The first-order valence-corrected chi connectivity index (χ1v) is 5.26. The molecule has 1 unspecified atom stereocenters. The molecular formula is C10H20N4O. The van der Waals surface area contributed by atoms with Crippen molar-refractivity contribution >= 4 is 11.5 Å². The van der Waals surface area contributed by atoms with Gasteiger partial charge >= 0.3 is 0 Å². The number of nitrogens with zero attached hydrogens (tertiary/aromatic N) is 2. The average molecular weight is 212 g/mol. The molecule has 0 aromatic carbocycles. The second-order valence-corrected chi connectivity index (χ2v) is 3.73. The molecule has 0 bridgehead atoms. The number of hydrogen-bond donors (Lipinski definition) is 3. The molecule has 1 heterocycles. The Labute approximate surface area is 90.3 Å². The Morgan fingerprint density at radius 1 is 1.60 bits per heavy atom. The number of rotatable bonds is 5. The predicted octanol–water partition coefficient (Wildman–Crippen LogP) is 0.884. The van der Waals surface area contributed by atoms with Gasteiger partial charge in [-0.2, -0.15) is 5.10 Å². The number of aliphatic hydroxyl groups excluding tert-OH is 1. The van der Waals surface area contributed by atoms with E-state index in [1.54, 1.807) is 4.68 Å². The van der Waals surface area contributed by atoms with Crippen LogP contribution in [0.4, 0.5) is 11.5 Å². The molecule has 0 saturated carbocycles. The van der Waals surface area contributed by atoms with E-state index in [4.69, 9.17) is 10.8 Å². The van der Waals surface area contributed by atoms with Gasteiger partial charge in [-0.1, -0.05) is 6.92 Å². The fourth-order valence-corrected chi connectivity index (χ4v) is 1.57. The molecule has 0 saturated heterocycles. The molecule has 0 spiro atoms. The summed E-state index contributed by atoms with van der Waals surface area (Å²) in [5, 5.41) is 16.4. The summed E-state index contributed by atoms with van der Waals surface area (Å²) in [6.07, 6.45) is 1.67. The molecule has 15 heavy (non-hydrogen) atoms. The van der Waals surface area contributed by atoms with Crippen LogP contribution in [0.5, 0.6) is 0 Å². The fraction of sp³-hybridized carbons (Fsp3) is 0.700. The number of aromatic nitrogens is 2. The summed E-state index contributed by atoms with van der Waals surface area (Å²) in [6, 6.07) is 0.243. The van der Waals surface area contributed by atoms with Crippen molar-refractivity contribution in [2.24, 2.45) is 7.05 Å². The van der Waals surface area contributed by atoms with Gasteiger partial charge in [-0.3, -0.25) is 4.68 Å². The lowest BCUT2D eigenvalue weighted by molar-refractivity contribution is 0.278. The molecular weight excluding hydrogens is 192 g/mol. The SMILES string of the molecule is CCC(CCO)Nc1c(N)c(C)nn1C. The summed E-state index contributed by atoms with van der Waals surface area (Å²) in [5.74, 6) is 0.841. The zero-order valence-electron chi connectivity index (χ0n) is 9.62. The first-order chi connectivity index (χ1) is 7.10. The summed E-state index contributed by atoms with van der Waals surface area (Å²) < 4.78 is 1.74. The zero-order chi connectivity index (χ0) is 11.4. The van der Waals surface area contributed by atoms with Crippen molar-refractivity contribution in [3.05, 3.63) is 5.69 Å². The van der Waals surface area contributed by atoms with Gasteiger partial charge in [-0.05, 0) is 19.8 Å². The Bertz CT molecular complexity index is 321. The highest BCUT2D eigenvalue weighted by Crippen LogP contribution is 2.22. The molecule has 0 aliphatic heterocycles. The maximum atomic E-state index is 8.90. The molecule has 0 amide bonds. The smallest absolute Gasteiger partial charge is 0.147 e. The van der Waals surface area contributed by atoms with E-state index in [2.05, 4.69) is 17.3 Å². The third-order valence-electron chi connectivity index (χ3n) is 2.58. The van der Waals surface area contributed by atoms with Crippen LogP contribution in [-0.2, 0) is 7.05 Å². The highest BCUT2D eigenvalue weighted by Gasteiger charge is 2.13. The van der Waals surface area contributed by atoms with E-state index in [0.29, 0.717) is 5.69 Å². The quantitative estimate of drug-likeness (QED) is 0.677. The summed E-state index contributed by atoms with van der Waals surface area (Å²) in [7, 11) is 1.86. The van der Waals surface area contributed by atoms with Crippen LogP contribution < -0.4 is 11.1 Å². The standard InChI is InChI=1S/C10H20N4O/c1-4-8(5-6-15)12-10-9(11)7(2)13-14(10)3/h8,12,15H,4-6,11H2,1-3H3. The van der Waals surface area contributed by atoms with E-state index >= 15 is 0 Å². The van der Waals surface area contributed by atoms with Crippen LogP contribution in [0, 0.1) is 6.92 Å². The molecule has 5 heteroatoms. The van der Waals surface area contributed by atoms with Crippen molar-refractivity contribution in [3.63, 3.8) is 0 Å². The average Bonchev–Trinajstić information content (AvgIpc) is 2.44. The number of aliphatic hydroxyl groups is 1. The normalized spacial score (nSPS) is 12.8. The van der Waals surface area contributed by atoms with Crippen molar-refractivity contribution < 1.29 is 5.11 Å². The lowest BCUT2D eigenvalue weighted by Gasteiger charge is -2.17. The van der Waals surface area contributed by atoms with Crippen LogP contribution in [0.3, 0.4) is 0 Å². The second-order valence-electron chi connectivity index (χ2n) is 3.73. The number of nitrogen functional groups attached to an aromatic ring is 1. The van der Waals surface area contributed by atoms with E-state index in [1.165, 1.54) is 0 Å². The van der Waals surface area contributed by atoms with E-state index in [1.807, 2.05) is 14.0 Å². The maximum Gasteiger partial charge on any atom is 0.147 e. The van der Waals surface area contributed by atoms with Gasteiger partial charge in [0.2, 0.25) is 0 Å². The third kappa shape index (κ3) is 2.62. The molecule has 0 fully saturated rings. The van der Waals surface area contributed by atoms with Crippen molar-refractivity contribution in [3.8, 4) is 0 Å². The molecule has 5 nitrogen and oxygen atoms in total. The van der Waals surface area contributed by atoms with Crippen LogP contribution >= 0.6 is 0 Å². The van der Waals surface area contributed by atoms with Crippen LogP contribution in [0.25, 0.3) is 0 Å². The predicted molar refractivity (Wildman–Crippen MR) is 61.8 cm³/mol. The van der Waals surface area contributed by atoms with Gasteiger partial charge in [0.05, 0.1) is 11.4 Å². The zero-order valence-corrected chi connectivity index (χ0v) is 9.62. The molecule has 1 rings (SSSR count). The summed E-state index contributed by atoms with van der Waals surface area (Å²) >= 11 is 0. The summed E-state index contributed by atoms with van der Waals surface area (Å²) in [4.78, 5) is 0. The Kier molecular flexibility index (Phi) is 3.96. The van der Waals surface area contributed by atoms with Crippen molar-refractivity contribution in [2.45, 2.75) is 32.7 Å². The minimum absolute atomic E-state index is 0.183. The molecule has 1 atom stereocenters. The van der Waals surface area contributed by atoms with E-state index < -0.39 is 0 Å². The number of nitrogens with one attached hydrogen (secondary N) is 1. The molecule has 86 valence electrons. The fourth-order valence-electron chi connectivity index (χ4n) is 1.57. The molecule has 0 radical (unpaired) electrons. The first-order valence-electron chi connectivity index (χ1n) is 5.26. The van der Waals surface area contributed by atoms with Gasteiger partial charge in [0.25, 0.3) is 0 Å². The van der Waals surface area contributed by atoms with Gasteiger partial charge in [0.15, 0.2) is 0 Å². The topological polar surface area (TPSA) is 76.1 Å². The van der Waals surface area contributed by atoms with E-state index in [-0.39, 0.29) is 12.6 Å². The Morgan fingerprint density at radius 3 is 2.67 bits per heavy atom. The number of anilines is 2. The van der Waals surface area contributed by atoms with Gasteiger partial charge in [0, 0.05) is 19.7 Å². The van der Waals surface area contributed by atoms with Gasteiger partial charge in [-0.15, -0.1) is 0 Å². The summed E-state index contributed by atoms with van der Waals surface area (Å²) in [6.45, 7) is 4.14. The lowest BCUT2D eigenvalue weighted by Crippen LogP contribution is -2.22. The maximum absolute atomic E-state index is 8.90. The Balaban J connectivity index is 2.78. The van der Waals surface area contributed by atoms with Crippen LogP contribution in [0.1, 0.15) is 25.5 Å². The minimum Gasteiger partial charge on any atom is -0.396 e. The van der Waals surface area contributed by atoms with Crippen molar-refractivity contribution in [2.75, 3.05) is 17.7 Å². The van der Waals surface area contributed by atoms with E-state index in [9.17, 15) is 0 Å². The molecule has 1 aromatic heterocycles. The van der Waals surface area contributed by atoms with Gasteiger partial charge in [0.1, 0.15) is 5.82 Å². The monoisotopic (exact) mass is 212 g/mol.